The van der Waals surface area contributed by atoms with Crippen molar-refractivity contribution >= 4 is 17.2 Å². The Balaban J connectivity index is 2.00. The molecule has 0 aromatic carbocycles. The SMILES string of the molecule is CCCc1sc(C(=O)N2CCC(CNC)CC2)cc1CC. The number of aryl methyl sites for hydroxylation is 2. The molecule has 1 amide bonds. The molecule has 0 saturated carbocycles. The maximum absolute atomic E-state index is 12.7. The summed E-state index contributed by atoms with van der Waals surface area (Å²) in [6.45, 7) is 7.27. The van der Waals surface area contributed by atoms with E-state index in [1.54, 1.807) is 11.3 Å². The molecule has 0 bridgehead atoms. The van der Waals surface area contributed by atoms with Crippen LogP contribution in [0.3, 0.4) is 0 Å². The van der Waals surface area contributed by atoms with Crippen LogP contribution < -0.4 is 5.32 Å². The van der Waals surface area contributed by atoms with Crippen LogP contribution in [0.15, 0.2) is 6.07 Å². The molecule has 1 aromatic rings. The van der Waals surface area contributed by atoms with Gasteiger partial charge >= 0.3 is 0 Å². The first-order valence-corrected chi connectivity index (χ1v) is 9.06. The molecule has 1 fully saturated rings. The van der Waals surface area contributed by atoms with Crippen LogP contribution in [0.5, 0.6) is 0 Å². The molecular weight excluding hydrogens is 280 g/mol. The summed E-state index contributed by atoms with van der Waals surface area (Å²) in [6, 6.07) is 2.14. The molecule has 1 saturated heterocycles. The Morgan fingerprint density at radius 2 is 2.10 bits per heavy atom. The lowest BCUT2D eigenvalue weighted by atomic mass is 9.97. The minimum atomic E-state index is 0.250. The first-order valence-electron chi connectivity index (χ1n) is 8.25. The zero-order valence-corrected chi connectivity index (χ0v) is 14.4. The van der Waals surface area contributed by atoms with E-state index >= 15 is 0 Å². The molecule has 0 atom stereocenters. The van der Waals surface area contributed by atoms with Crippen molar-refractivity contribution in [3.63, 3.8) is 0 Å². The highest BCUT2D eigenvalue weighted by molar-refractivity contribution is 7.14. The number of thiophene rings is 1. The van der Waals surface area contributed by atoms with Crippen LogP contribution in [-0.2, 0) is 12.8 Å². The van der Waals surface area contributed by atoms with Gasteiger partial charge in [0.05, 0.1) is 4.88 Å². The van der Waals surface area contributed by atoms with Crippen LogP contribution in [0, 0.1) is 5.92 Å². The molecule has 0 spiro atoms. The highest BCUT2D eigenvalue weighted by Gasteiger charge is 2.24. The van der Waals surface area contributed by atoms with Crippen LogP contribution in [0.2, 0.25) is 0 Å². The topological polar surface area (TPSA) is 32.3 Å². The second-order valence-corrected chi connectivity index (χ2v) is 7.09. The third-order valence-electron chi connectivity index (χ3n) is 4.36. The summed E-state index contributed by atoms with van der Waals surface area (Å²) in [5.41, 5.74) is 1.37. The van der Waals surface area contributed by atoms with Crippen molar-refractivity contribution in [2.75, 3.05) is 26.7 Å². The van der Waals surface area contributed by atoms with E-state index in [1.807, 2.05) is 11.9 Å². The number of nitrogens with zero attached hydrogens (tertiary/aromatic N) is 1. The lowest BCUT2D eigenvalue weighted by Gasteiger charge is -2.31. The zero-order valence-electron chi connectivity index (χ0n) is 13.6. The highest BCUT2D eigenvalue weighted by Crippen LogP contribution is 2.27. The third kappa shape index (κ3) is 4.07. The second-order valence-electron chi connectivity index (χ2n) is 5.96. The number of hydrogen-bond acceptors (Lipinski definition) is 3. The van der Waals surface area contributed by atoms with E-state index in [-0.39, 0.29) is 5.91 Å². The number of likely N-dealkylation sites (tertiary alicyclic amines) is 1. The van der Waals surface area contributed by atoms with Crippen molar-refractivity contribution in [1.82, 2.24) is 10.2 Å². The average molecular weight is 308 g/mol. The Kier molecular flexibility index (Phi) is 6.24. The molecule has 2 heterocycles. The fraction of sp³-hybridized carbons (Fsp3) is 0.706. The molecule has 2 rings (SSSR count). The molecule has 0 unspecified atom stereocenters. The van der Waals surface area contributed by atoms with Crippen molar-refractivity contribution in [2.24, 2.45) is 5.92 Å². The summed E-state index contributed by atoms with van der Waals surface area (Å²) >= 11 is 1.72. The number of carbonyl (C=O) groups excluding carboxylic acids is 1. The Hall–Kier alpha value is -0.870. The van der Waals surface area contributed by atoms with Gasteiger partial charge in [0.25, 0.3) is 5.91 Å². The summed E-state index contributed by atoms with van der Waals surface area (Å²) in [5.74, 6) is 0.976. The number of rotatable bonds is 6. The number of hydrogen-bond donors (Lipinski definition) is 1. The van der Waals surface area contributed by atoms with Gasteiger partial charge in [-0.2, -0.15) is 0 Å². The van der Waals surface area contributed by atoms with E-state index in [0.717, 1.165) is 62.5 Å². The minimum absolute atomic E-state index is 0.250. The van der Waals surface area contributed by atoms with Gasteiger partial charge in [0.2, 0.25) is 0 Å². The quantitative estimate of drug-likeness (QED) is 0.874. The summed E-state index contributed by atoms with van der Waals surface area (Å²) in [5, 5.41) is 3.24. The Morgan fingerprint density at radius 1 is 1.38 bits per heavy atom. The summed E-state index contributed by atoms with van der Waals surface area (Å²) in [4.78, 5) is 17.1. The van der Waals surface area contributed by atoms with Crippen molar-refractivity contribution in [3.8, 4) is 0 Å². The molecule has 1 N–H and O–H groups in total. The lowest BCUT2D eigenvalue weighted by Crippen LogP contribution is -2.40. The summed E-state index contributed by atoms with van der Waals surface area (Å²) in [6.07, 6.45) is 5.53. The molecule has 0 radical (unpaired) electrons. The van der Waals surface area contributed by atoms with Crippen molar-refractivity contribution < 1.29 is 4.79 Å². The smallest absolute Gasteiger partial charge is 0.263 e. The lowest BCUT2D eigenvalue weighted by molar-refractivity contribution is 0.0696. The predicted octanol–water partition coefficient (Wildman–Crippen LogP) is 3.33. The third-order valence-corrected chi connectivity index (χ3v) is 5.59. The first-order chi connectivity index (χ1) is 10.2. The maximum Gasteiger partial charge on any atom is 0.263 e. The van der Waals surface area contributed by atoms with Gasteiger partial charge in [-0.15, -0.1) is 11.3 Å². The van der Waals surface area contributed by atoms with Gasteiger partial charge in [-0.25, -0.2) is 0 Å². The summed E-state index contributed by atoms with van der Waals surface area (Å²) in [7, 11) is 2.00. The zero-order chi connectivity index (χ0) is 15.2. The number of carbonyl (C=O) groups is 1. The van der Waals surface area contributed by atoms with Gasteiger partial charge in [-0.3, -0.25) is 4.79 Å². The van der Waals surface area contributed by atoms with E-state index in [4.69, 9.17) is 0 Å². The number of piperidine rings is 1. The van der Waals surface area contributed by atoms with Crippen molar-refractivity contribution in [3.05, 3.63) is 21.4 Å². The summed E-state index contributed by atoms with van der Waals surface area (Å²) < 4.78 is 0. The van der Waals surface area contributed by atoms with E-state index in [1.165, 1.54) is 10.4 Å². The highest BCUT2D eigenvalue weighted by atomic mass is 32.1. The molecule has 3 nitrogen and oxygen atoms in total. The van der Waals surface area contributed by atoms with Gasteiger partial charge in [0.15, 0.2) is 0 Å². The molecule has 118 valence electrons. The fourth-order valence-corrected chi connectivity index (χ4v) is 4.42. The van der Waals surface area contributed by atoms with Gasteiger partial charge in [0, 0.05) is 18.0 Å². The fourth-order valence-electron chi connectivity index (χ4n) is 3.09. The van der Waals surface area contributed by atoms with Crippen LogP contribution in [0.4, 0.5) is 0 Å². The molecule has 4 heteroatoms. The second kappa shape index (κ2) is 7.95. The van der Waals surface area contributed by atoms with E-state index < -0.39 is 0 Å². The van der Waals surface area contributed by atoms with Crippen LogP contribution >= 0.6 is 11.3 Å². The minimum Gasteiger partial charge on any atom is -0.338 e. The molecule has 1 aliphatic rings. The largest absolute Gasteiger partial charge is 0.338 e. The Morgan fingerprint density at radius 3 is 2.67 bits per heavy atom. The molecule has 1 aliphatic heterocycles. The maximum atomic E-state index is 12.7. The van der Waals surface area contributed by atoms with Gasteiger partial charge in [-0.1, -0.05) is 20.3 Å². The molecule has 21 heavy (non-hydrogen) atoms. The standard InChI is InChI=1S/C17H28N2OS/c1-4-6-15-14(5-2)11-16(21-15)17(20)19-9-7-13(8-10-19)12-18-3/h11,13,18H,4-10,12H2,1-3H3. The van der Waals surface area contributed by atoms with Gasteiger partial charge in [-0.05, 0) is 56.8 Å². The number of amides is 1. The van der Waals surface area contributed by atoms with Crippen LogP contribution in [-0.4, -0.2) is 37.5 Å². The monoisotopic (exact) mass is 308 g/mol. The number of nitrogens with one attached hydrogen (secondary N) is 1. The first kappa shape index (κ1) is 16.5. The normalized spacial score (nSPS) is 16.4. The molecular formula is C17H28N2OS. The predicted molar refractivity (Wildman–Crippen MR) is 90.2 cm³/mol. The van der Waals surface area contributed by atoms with E-state index in [9.17, 15) is 4.79 Å². The Bertz CT molecular complexity index is 461. The van der Waals surface area contributed by atoms with Crippen LogP contribution in [0.25, 0.3) is 0 Å². The van der Waals surface area contributed by atoms with Crippen molar-refractivity contribution in [2.45, 2.75) is 46.0 Å². The van der Waals surface area contributed by atoms with Gasteiger partial charge < -0.3 is 10.2 Å². The molecule has 1 aromatic heterocycles. The average Bonchev–Trinajstić information content (AvgIpc) is 2.91. The van der Waals surface area contributed by atoms with Crippen molar-refractivity contribution in [1.29, 1.82) is 0 Å². The van der Waals surface area contributed by atoms with Gasteiger partial charge in [0.1, 0.15) is 0 Å². The van der Waals surface area contributed by atoms with Crippen LogP contribution in [0.1, 0.15) is 53.2 Å². The molecule has 0 aliphatic carbocycles. The van der Waals surface area contributed by atoms with E-state index in [0.29, 0.717) is 0 Å². The Labute approximate surface area is 132 Å². The van der Waals surface area contributed by atoms with E-state index in [2.05, 4.69) is 25.2 Å².